The fraction of sp³-hybridized carbons (Fsp3) is 0.429. The van der Waals surface area contributed by atoms with Crippen LogP contribution >= 0.6 is 0 Å². The van der Waals surface area contributed by atoms with Gasteiger partial charge < -0.3 is 10.2 Å². The van der Waals surface area contributed by atoms with Crippen LogP contribution in [0.3, 0.4) is 0 Å². The largest absolute Gasteiger partial charge is 0.352 e. The molecule has 0 bridgehead atoms. The molecule has 0 aliphatic carbocycles. The van der Waals surface area contributed by atoms with Crippen molar-refractivity contribution in [2.75, 3.05) is 13.1 Å². The highest BCUT2D eigenvalue weighted by Gasteiger charge is 2.40. The van der Waals surface area contributed by atoms with Crippen LogP contribution in [-0.4, -0.2) is 40.3 Å². The standard InChI is InChI=1S/C14H17N3O4/c1-14(2)13(19)15-6-7-16(14)12(18)9-10-4-3-5-11(8-10)17(20)21/h3-5,8H,6-7,9H2,1-2H3,(H,15,19). The Balaban J connectivity index is 2.16. The van der Waals surface area contributed by atoms with Gasteiger partial charge in [-0.1, -0.05) is 12.1 Å². The van der Waals surface area contributed by atoms with E-state index >= 15 is 0 Å². The third-order valence-corrected chi connectivity index (χ3v) is 3.63. The molecule has 1 aromatic carbocycles. The number of hydrogen-bond donors (Lipinski definition) is 1. The van der Waals surface area contributed by atoms with Crippen LogP contribution in [0.25, 0.3) is 0 Å². The van der Waals surface area contributed by atoms with Crippen LogP contribution in [0, 0.1) is 10.1 Å². The van der Waals surface area contributed by atoms with E-state index in [1.807, 2.05) is 0 Å². The molecule has 1 aliphatic rings. The molecule has 21 heavy (non-hydrogen) atoms. The van der Waals surface area contributed by atoms with Gasteiger partial charge in [-0.05, 0) is 19.4 Å². The number of carbonyl (C=O) groups excluding carboxylic acids is 2. The van der Waals surface area contributed by atoms with Crippen molar-refractivity contribution in [2.24, 2.45) is 0 Å². The number of hydrogen-bond acceptors (Lipinski definition) is 4. The van der Waals surface area contributed by atoms with Gasteiger partial charge in [0.15, 0.2) is 0 Å². The van der Waals surface area contributed by atoms with E-state index in [1.165, 1.54) is 17.0 Å². The number of nitrogens with one attached hydrogen (secondary N) is 1. The maximum atomic E-state index is 12.4. The first-order chi connectivity index (χ1) is 9.82. The number of benzene rings is 1. The van der Waals surface area contributed by atoms with Crippen molar-refractivity contribution in [2.45, 2.75) is 25.8 Å². The van der Waals surface area contributed by atoms with Gasteiger partial charge in [-0.25, -0.2) is 0 Å². The summed E-state index contributed by atoms with van der Waals surface area (Å²) in [6, 6.07) is 5.98. The van der Waals surface area contributed by atoms with E-state index in [4.69, 9.17) is 0 Å². The molecule has 1 N–H and O–H groups in total. The molecule has 1 heterocycles. The van der Waals surface area contributed by atoms with E-state index in [0.717, 1.165) is 0 Å². The van der Waals surface area contributed by atoms with Crippen LogP contribution in [0.5, 0.6) is 0 Å². The van der Waals surface area contributed by atoms with E-state index in [1.54, 1.807) is 26.0 Å². The summed E-state index contributed by atoms with van der Waals surface area (Å²) in [5, 5.41) is 13.5. The maximum absolute atomic E-state index is 12.4. The van der Waals surface area contributed by atoms with Crippen molar-refractivity contribution >= 4 is 17.5 Å². The summed E-state index contributed by atoms with van der Waals surface area (Å²) in [4.78, 5) is 36.0. The topological polar surface area (TPSA) is 92.6 Å². The summed E-state index contributed by atoms with van der Waals surface area (Å²) in [5.74, 6) is -0.406. The predicted octanol–water partition coefficient (Wildman–Crippen LogP) is 0.874. The van der Waals surface area contributed by atoms with Crippen LogP contribution in [0.15, 0.2) is 24.3 Å². The van der Waals surface area contributed by atoms with Gasteiger partial charge in [0.2, 0.25) is 11.8 Å². The van der Waals surface area contributed by atoms with Crippen molar-refractivity contribution < 1.29 is 14.5 Å². The maximum Gasteiger partial charge on any atom is 0.269 e. The summed E-state index contributed by atoms with van der Waals surface area (Å²) in [7, 11) is 0. The van der Waals surface area contributed by atoms with Gasteiger partial charge in [0.05, 0.1) is 11.3 Å². The van der Waals surface area contributed by atoms with Gasteiger partial charge >= 0.3 is 0 Å². The third-order valence-electron chi connectivity index (χ3n) is 3.63. The van der Waals surface area contributed by atoms with Gasteiger partial charge in [-0.2, -0.15) is 0 Å². The number of carbonyl (C=O) groups is 2. The molecule has 7 nitrogen and oxygen atoms in total. The van der Waals surface area contributed by atoms with Crippen molar-refractivity contribution in [3.8, 4) is 0 Å². The molecule has 0 saturated carbocycles. The SMILES string of the molecule is CC1(C)C(=O)NCCN1C(=O)Cc1cccc([N+](=O)[O-])c1. The highest BCUT2D eigenvalue weighted by Crippen LogP contribution is 2.20. The Morgan fingerprint density at radius 1 is 1.48 bits per heavy atom. The quantitative estimate of drug-likeness (QED) is 0.660. The first-order valence-corrected chi connectivity index (χ1v) is 6.64. The zero-order valence-corrected chi connectivity index (χ0v) is 12.0. The smallest absolute Gasteiger partial charge is 0.269 e. The molecule has 2 amide bonds. The van der Waals surface area contributed by atoms with Crippen molar-refractivity contribution in [1.29, 1.82) is 0 Å². The van der Waals surface area contributed by atoms with Gasteiger partial charge in [0, 0.05) is 25.2 Å². The van der Waals surface area contributed by atoms with E-state index < -0.39 is 10.5 Å². The molecule has 0 unspecified atom stereocenters. The number of nitro benzene ring substituents is 1. The molecule has 1 aromatic rings. The minimum Gasteiger partial charge on any atom is -0.352 e. The second-order valence-electron chi connectivity index (χ2n) is 5.46. The van der Waals surface area contributed by atoms with E-state index in [-0.39, 0.29) is 23.9 Å². The second kappa shape index (κ2) is 5.51. The first-order valence-electron chi connectivity index (χ1n) is 6.64. The van der Waals surface area contributed by atoms with E-state index in [0.29, 0.717) is 18.7 Å². The molecule has 1 aliphatic heterocycles. The normalized spacial score (nSPS) is 17.2. The van der Waals surface area contributed by atoms with Crippen LogP contribution in [0.4, 0.5) is 5.69 Å². The summed E-state index contributed by atoms with van der Waals surface area (Å²) >= 11 is 0. The Morgan fingerprint density at radius 2 is 2.19 bits per heavy atom. The van der Waals surface area contributed by atoms with E-state index in [2.05, 4.69) is 5.32 Å². The molecule has 1 fully saturated rings. The highest BCUT2D eigenvalue weighted by atomic mass is 16.6. The number of piperazine rings is 1. The lowest BCUT2D eigenvalue weighted by Gasteiger charge is -2.41. The summed E-state index contributed by atoms with van der Waals surface area (Å²) in [5.41, 5.74) is -0.386. The Bertz CT molecular complexity index is 598. The average molecular weight is 291 g/mol. The van der Waals surface area contributed by atoms with Crippen molar-refractivity contribution in [3.63, 3.8) is 0 Å². The predicted molar refractivity (Wildman–Crippen MR) is 75.6 cm³/mol. The molecule has 112 valence electrons. The van der Waals surface area contributed by atoms with Crippen LogP contribution in [0.1, 0.15) is 19.4 Å². The lowest BCUT2D eigenvalue weighted by Crippen LogP contribution is -2.63. The minimum absolute atomic E-state index is 0.0401. The number of nitrogens with zero attached hydrogens (tertiary/aromatic N) is 2. The number of amides is 2. The minimum atomic E-state index is -0.907. The van der Waals surface area contributed by atoms with Crippen LogP contribution in [-0.2, 0) is 16.0 Å². The number of non-ortho nitro benzene ring substituents is 1. The van der Waals surface area contributed by atoms with Crippen LogP contribution in [0.2, 0.25) is 0 Å². The monoisotopic (exact) mass is 291 g/mol. The Hall–Kier alpha value is -2.44. The Morgan fingerprint density at radius 3 is 2.86 bits per heavy atom. The Labute approximate surface area is 122 Å². The number of rotatable bonds is 3. The first kappa shape index (κ1) is 15.0. The van der Waals surface area contributed by atoms with Crippen LogP contribution < -0.4 is 5.32 Å². The molecule has 0 aromatic heterocycles. The summed E-state index contributed by atoms with van der Waals surface area (Å²) < 4.78 is 0. The van der Waals surface area contributed by atoms with Crippen molar-refractivity contribution in [1.82, 2.24) is 10.2 Å². The van der Waals surface area contributed by atoms with Gasteiger partial charge in [-0.15, -0.1) is 0 Å². The second-order valence-corrected chi connectivity index (χ2v) is 5.46. The average Bonchev–Trinajstić information content (AvgIpc) is 2.42. The molecule has 0 radical (unpaired) electrons. The molecule has 1 saturated heterocycles. The highest BCUT2D eigenvalue weighted by molar-refractivity contribution is 5.92. The zero-order valence-electron chi connectivity index (χ0n) is 12.0. The van der Waals surface area contributed by atoms with Crippen molar-refractivity contribution in [3.05, 3.63) is 39.9 Å². The van der Waals surface area contributed by atoms with Gasteiger partial charge in [0.25, 0.3) is 5.69 Å². The fourth-order valence-corrected chi connectivity index (χ4v) is 2.39. The molecule has 2 rings (SSSR count). The van der Waals surface area contributed by atoms with Gasteiger partial charge in [0.1, 0.15) is 5.54 Å². The lowest BCUT2D eigenvalue weighted by molar-refractivity contribution is -0.384. The molecular formula is C14H17N3O4. The fourth-order valence-electron chi connectivity index (χ4n) is 2.39. The Kier molecular flexibility index (Phi) is 3.93. The summed E-state index contributed by atoms with van der Waals surface area (Å²) in [6.07, 6.45) is 0.0401. The molecule has 0 spiro atoms. The third kappa shape index (κ3) is 3.01. The van der Waals surface area contributed by atoms with E-state index in [9.17, 15) is 19.7 Å². The molecular weight excluding hydrogens is 274 g/mol. The molecule has 0 atom stereocenters. The zero-order chi connectivity index (χ0) is 15.6. The summed E-state index contributed by atoms with van der Waals surface area (Å²) in [6.45, 7) is 4.23. The van der Waals surface area contributed by atoms with Gasteiger partial charge in [-0.3, -0.25) is 19.7 Å². The lowest BCUT2D eigenvalue weighted by atomic mass is 9.97. The number of nitro groups is 1. The molecule has 7 heteroatoms.